The van der Waals surface area contributed by atoms with E-state index in [0.717, 1.165) is 23.5 Å². The molecule has 1 atom stereocenters. The van der Waals surface area contributed by atoms with Gasteiger partial charge in [-0.2, -0.15) is 0 Å². The Balaban J connectivity index is 1.92. The van der Waals surface area contributed by atoms with Crippen LogP contribution in [0.1, 0.15) is 24.2 Å². The molecule has 0 unspecified atom stereocenters. The molecule has 106 valence electrons. The molecular weight excluding hydrogens is 252 g/mol. The van der Waals surface area contributed by atoms with Gasteiger partial charge in [-0.25, -0.2) is 0 Å². The molecule has 0 aliphatic heterocycles. The van der Waals surface area contributed by atoms with Crippen LogP contribution in [-0.2, 0) is 6.42 Å². The van der Waals surface area contributed by atoms with Crippen LogP contribution < -0.4 is 9.47 Å². The molecule has 0 fully saturated rings. The van der Waals surface area contributed by atoms with Crippen LogP contribution in [0, 0.1) is 0 Å². The largest absolute Gasteiger partial charge is 0.497 e. The average Bonchev–Trinajstić information content (AvgIpc) is 2.48. The van der Waals surface area contributed by atoms with Gasteiger partial charge in [0, 0.05) is 12.0 Å². The number of hydrogen-bond acceptors (Lipinski definition) is 3. The quantitative estimate of drug-likeness (QED) is 0.876. The molecule has 0 heterocycles. The molecule has 0 aliphatic carbocycles. The van der Waals surface area contributed by atoms with Gasteiger partial charge in [-0.15, -0.1) is 0 Å². The van der Waals surface area contributed by atoms with E-state index < -0.39 is 6.10 Å². The highest BCUT2D eigenvalue weighted by Crippen LogP contribution is 2.24. The third kappa shape index (κ3) is 3.75. The summed E-state index contributed by atoms with van der Waals surface area (Å²) < 4.78 is 10.9. The fourth-order valence-corrected chi connectivity index (χ4v) is 2.03. The third-order valence-electron chi connectivity index (χ3n) is 3.18. The smallest absolute Gasteiger partial charge is 0.125 e. The Bertz CT molecular complexity index is 532. The second-order valence-electron chi connectivity index (χ2n) is 4.66. The van der Waals surface area contributed by atoms with Crippen molar-refractivity contribution in [3.63, 3.8) is 0 Å². The summed E-state index contributed by atoms with van der Waals surface area (Å²) in [6, 6.07) is 15.5. The highest BCUT2D eigenvalue weighted by molar-refractivity contribution is 5.35. The van der Waals surface area contributed by atoms with Crippen molar-refractivity contribution >= 4 is 0 Å². The number of benzene rings is 2. The molecule has 20 heavy (non-hydrogen) atoms. The Kier molecular flexibility index (Phi) is 5.02. The minimum atomic E-state index is -0.521. The van der Waals surface area contributed by atoms with E-state index in [1.807, 2.05) is 48.5 Å². The van der Waals surface area contributed by atoms with Crippen molar-refractivity contribution in [2.45, 2.75) is 19.4 Å². The highest BCUT2D eigenvalue weighted by Gasteiger charge is 2.07. The van der Waals surface area contributed by atoms with Gasteiger partial charge in [-0.05, 0) is 30.7 Å². The van der Waals surface area contributed by atoms with Crippen molar-refractivity contribution in [3.8, 4) is 11.5 Å². The summed E-state index contributed by atoms with van der Waals surface area (Å²) in [4.78, 5) is 0. The summed E-state index contributed by atoms with van der Waals surface area (Å²) in [5.41, 5.74) is 2.02. The third-order valence-corrected chi connectivity index (χ3v) is 3.18. The first-order valence-corrected chi connectivity index (χ1v) is 6.73. The molecule has 0 saturated carbocycles. The first kappa shape index (κ1) is 14.4. The normalized spacial score (nSPS) is 11.9. The van der Waals surface area contributed by atoms with E-state index in [4.69, 9.17) is 9.47 Å². The number of ether oxygens (including phenoxy) is 2. The number of methoxy groups -OCH3 is 1. The molecule has 0 aliphatic rings. The van der Waals surface area contributed by atoms with Gasteiger partial charge in [0.25, 0.3) is 0 Å². The van der Waals surface area contributed by atoms with Gasteiger partial charge >= 0.3 is 0 Å². The summed E-state index contributed by atoms with van der Waals surface area (Å²) in [6.45, 7) is 2.32. The van der Waals surface area contributed by atoms with Crippen LogP contribution in [0.4, 0.5) is 0 Å². The number of aliphatic hydroxyl groups excluding tert-OH is 1. The molecule has 2 aromatic rings. The predicted octanol–water partition coefficient (Wildman–Crippen LogP) is 3.37. The van der Waals surface area contributed by atoms with Crippen LogP contribution >= 0.6 is 0 Å². The zero-order valence-corrected chi connectivity index (χ0v) is 11.9. The highest BCUT2D eigenvalue weighted by atomic mass is 16.5. The van der Waals surface area contributed by atoms with E-state index in [2.05, 4.69) is 0 Å². The average molecular weight is 272 g/mol. The monoisotopic (exact) mass is 272 g/mol. The van der Waals surface area contributed by atoms with Crippen LogP contribution in [0.5, 0.6) is 11.5 Å². The van der Waals surface area contributed by atoms with Crippen LogP contribution in [0.25, 0.3) is 0 Å². The van der Waals surface area contributed by atoms with Crippen molar-refractivity contribution in [1.82, 2.24) is 0 Å². The van der Waals surface area contributed by atoms with E-state index in [1.54, 1.807) is 14.0 Å². The van der Waals surface area contributed by atoms with E-state index in [1.165, 1.54) is 5.56 Å². The molecule has 3 heteroatoms. The number of rotatable bonds is 6. The van der Waals surface area contributed by atoms with Gasteiger partial charge < -0.3 is 14.6 Å². The molecule has 3 nitrogen and oxygen atoms in total. The molecule has 0 bridgehead atoms. The maximum atomic E-state index is 9.68. The summed E-state index contributed by atoms with van der Waals surface area (Å²) >= 11 is 0. The van der Waals surface area contributed by atoms with Crippen molar-refractivity contribution in [1.29, 1.82) is 0 Å². The topological polar surface area (TPSA) is 38.7 Å². The van der Waals surface area contributed by atoms with E-state index in [0.29, 0.717) is 6.61 Å². The fourth-order valence-electron chi connectivity index (χ4n) is 2.03. The molecule has 0 saturated heterocycles. The van der Waals surface area contributed by atoms with Crippen molar-refractivity contribution in [2.24, 2.45) is 0 Å². The summed E-state index contributed by atoms with van der Waals surface area (Å²) in [6.07, 6.45) is 0.296. The molecule has 2 aromatic carbocycles. The lowest BCUT2D eigenvalue weighted by Gasteiger charge is -2.13. The molecule has 1 N–H and O–H groups in total. The molecular formula is C17H20O3. The van der Waals surface area contributed by atoms with E-state index in [-0.39, 0.29) is 0 Å². The van der Waals surface area contributed by atoms with Crippen molar-refractivity contribution in [3.05, 3.63) is 59.7 Å². The Labute approximate surface area is 119 Å². The van der Waals surface area contributed by atoms with Gasteiger partial charge in [0.1, 0.15) is 11.5 Å². The maximum Gasteiger partial charge on any atom is 0.125 e. The minimum absolute atomic E-state index is 0.521. The minimum Gasteiger partial charge on any atom is -0.497 e. The first-order chi connectivity index (χ1) is 9.70. The van der Waals surface area contributed by atoms with Crippen molar-refractivity contribution < 1.29 is 14.6 Å². The van der Waals surface area contributed by atoms with Crippen LogP contribution in [0.15, 0.2) is 48.5 Å². The second-order valence-corrected chi connectivity index (χ2v) is 4.66. The number of aliphatic hydroxyl groups is 1. The predicted molar refractivity (Wildman–Crippen MR) is 79.3 cm³/mol. The Morgan fingerprint density at radius 1 is 1.05 bits per heavy atom. The molecule has 2 rings (SSSR count). The van der Waals surface area contributed by atoms with Gasteiger partial charge in [-0.3, -0.25) is 0 Å². The summed E-state index contributed by atoms with van der Waals surface area (Å²) in [5.74, 6) is 1.60. The first-order valence-electron chi connectivity index (χ1n) is 6.73. The lowest BCUT2D eigenvalue weighted by atomic mass is 10.1. The number of para-hydroxylation sites is 1. The summed E-state index contributed by atoms with van der Waals surface area (Å²) in [5, 5.41) is 9.68. The molecule has 0 spiro atoms. The lowest BCUT2D eigenvalue weighted by Crippen LogP contribution is -2.04. The van der Waals surface area contributed by atoms with E-state index >= 15 is 0 Å². The summed E-state index contributed by atoms with van der Waals surface area (Å²) in [7, 11) is 1.66. The van der Waals surface area contributed by atoms with Gasteiger partial charge in [0.05, 0.1) is 19.8 Å². The van der Waals surface area contributed by atoms with Crippen molar-refractivity contribution in [2.75, 3.05) is 13.7 Å². The molecule has 0 amide bonds. The zero-order chi connectivity index (χ0) is 14.4. The van der Waals surface area contributed by atoms with Crippen LogP contribution in [0.2, 0.25) is 0 Å². The fraction of sp³-hybridized carbons (Fsp3) is 0.294. The molecule has 0 aromatic heterocycles. The Hall–Kier alpha value is -2.00. The Morgan fingerprint density at radius 2 is 1.75 bits per heavy atom. The van der Waals surface area contributed by atoms with E-state index in [9.17, 15) is 5.11 Å². The van der Waals surface area contributed by atoms with Gasteiger partial charge in [-0.1, -0.05) is 30.3 Å². The van der Waals surface area contributed by atoms with Gasteiger partial charge in [0.2, 0.25) is 0 Å². The maximum absolute atomic E-state index is 9.68. The number of hydrogen-bond donors (Lipinski definition) is 1. The van der Waals surface area contributed by atoms with Gasteiger partial charge in [0.15, 0.2) is 0 Å². The van der Waals surface area contributed by atoms with Crippen LogP contribution in [-0.4, -0.2) is 18.8 Å². The zero-order valence-electron chi connectivity index (χ0n) is 11.9. The lowest BCUT2D eigenvalue weighted by molar-refractivity contribution is 0.191. The molecule has 0 radical (unpaired) electrons. The second kappa shape index (κ2) is 6.96. The Morgan fingerprint density at radius 3 is 2.40 bits per heavy atom. The van der Waals surface area contributed by atoms with Crippen LogP contribution in [0.3, 0.4) is 0 Å². The SMILES string of the molecule is COc1ccc(CCOc2ccccc2[C@@H](C)O)cc1. The standard InChI is InChI=1S/C17H20O3/c1-13(18)16-5-3-4-6-17(16)20-12-11-14-7-9-15(19-2)10-8-14/h3-10,13,18H,11-12H2,1-2H3/t13-/m1/s1.